The Hall–Kier alpha value is -2.70. The average Bonchev–Trinajstić information content (AvgIpc) is 2.91. The highest BCUT2D eigenvalue weighted by Crippen LogP contribution is 2.26. The first-order chi connectivity index (χ1) is 12.8. The molecular formula is C20H25N3O4. The van der Waals surface area contributed by atoms with E-state index in [1.807, 2.05) is 11.8 Å². The maximum Gasteiger partial charge on any atom is 0.261 e. The number of likely N-dealkylation sites (tertiary alicyclic amines) is 1. The lowest BCUT2D eigenvalue weighted by atomic mass is 10.0. The van der Waals surface area contributed by atoms with E-state index < -0.39 is 0 Å². The summed E-state index contributed by atoms with van der Waals surface area (Å²) in [4.78, 5) is 52.2. The summed E-state index contributed by atoms with van der Waals surface area (Å²) >= 11 is 0. The number of hydrogen-bond donors (Lipinski definition) is 1. The summed E-state index contributed by atoms with van der Waals surface area (Å²) in [5, 5.41) is 2.98. The first-order valence-corrected chi connectivity index (χ1v) is 9.44. The Labute approximate surface area is 158 Å². The topological polar surface area (TPSA) is 86.8 Å². The smallest absolute Gasteiger partial charge is 0.261 e. The summed E-state index contributed by atoms with van der Waals surface area (Å²) in [5.74, 6) is -0.798. The van der Waals surface area contributed by atoms with Gasteiger partial charge in [0.25, 0.3) is 17.7 Å². The third kappa shape index (κ3) is 3.59. The molecule has 3 rings (SSSR count). The van der Waals surface area contributed by atoms with Crippen LogP contribution in [0.3, 0.4) is 0 Å². The van der Waals surface area contributed by atoms with Crippen molar-refractivity contribution in [2.45, 2.75) is 52.1 Å². The van der Waals surface area contributed by atoms with E-state index in [2.05, 4.69) is 5.32 Å². The fourth-order valence-corrected chi connectivity index (χ4v) is 3.64. The second-order valence-electron chi connectivity index (χ2n) is 7.32. The molecule has 0 aliphatic carbocycles. The molecule has 1 N–H and O–H groups in total. The summed E-state index contributed by atoms with van der Waals surface area (Å²) in [6, 6.07) is 4.40. The summed E-state index contributed by atoms with van der Waals surface area (Å²) < 4.78 is 0. The lowest BCUT2D eigenvalue weighted by Gasteiger charge is -2.32. The minimum absolute atomic E-state index is 0.00356. The Morgan fingerprint density at radius 1 is 1.11 bits per heavy atom. The van der Waals surface area contributed by atoms with Gasteiger partial charge in [0.1, 0.15) is 0 Å². The summed E-state index contributed by atoms with van der Waals surface area (Å²) in [5.41, 5.74) is 0.994. The van der Waals surface area contributed by atoms with Crippen LogP contribution in [0.2, 0.25) is 0 Å². The minimum Gasteiger partial charge on any atom is -0.349 e. The van der Waals surface area contributed by atoms with Gasteiger partial charge in [0.15, 0.2) is 0 Å². The number of nitrogens with zero attached hydrogens (tertiary/aromatic N) is 2. The van der Waals surface area contributed by atoms with Gasteiger partial charge in [0.2, 0.25) is 5.91 Å². The normalized spacial score (nSPS) is 17.5. The van der Waals surface area contributed by atoms with Crippen molar-refractivity contribution in [1.82, 2.24) is 15.1 Å². The van der Waals surface area contributed by atoms with Crippen molar-refractivity contribution >= 4 is 23.6 Å². The van der Waals surface area contributed by atoms with Crippen molar-refractivity contribution in [1.29, 1.82) is 0 Å². The van der Waals surface area contributed by atoms with Crippen LogP contribution in [0.5, 0.6) is 0 Å². The highest BCUT2D eigenvalue weighted by atomic mass is 16.2. The largest absolute Gasteiger partial charge is 0.349 e. The van der Waals surface area contributed by atoms with Gasteiger partial charge in [-0.05, 0) is 44.9 Å². The van der Waals surface area contributed by atoms with E-state index in [1.54, 1.807) is 26.0 Å². The van der Waals surface area contributed by atoms with Crippen molar-refractivity contribution in [2.75, 3.05) is 13.1 Å². The maximum atomic E-state index is 12.6. The number of fused-ring (bicyclic) bond motifs is 1. The Bertz CT molecular complexity index is 794. The number of carbonyl (C=O) groups excluding carboxylic acids is 4. The highest BCUT2D eigenvalue weighted by Gasteiger charge is 2.37. The third-order valence-electron chi connectivity index (χ3n) is 5.18. The fraction of sp³-hybridized carbons (Fsp3) is 0.500. The number of hydrogen-bond acceptors (Lipinski definition) is 4. The molecule has 0 aromatic heterocycles. The predicted octanol–water partition coefficient (Wildman–Crippen LogP) is 1.82. The van der Waals surface area contributed by atoms with Crippen LogP contribution < -0.4 is 5.32 Å². The van der Waals surface area contributed by atoms with Gasteiger partial charge in [-0.15, -0.1) is 0 Å². The van der Waals surface area contributed by atoms with Crippen molar-refractivity contribution < 1.29 is 19.2 Å². The van der Waals surface area contributed by atoms with Crippen LogP contribution in [-0.4, -0.2) is 58.6 Å². The monoisotopic (exact) mass is 371 g/mol. The first kappa shape index (κ1) is 19.1. The molecule has 4 amide bonds. The predicted molar refractivity (Wildman–Crippen MR) is 99.4 cm³/mol. The van der Waals surface area contributed by atoms with Gasteiger partial charge < -0.3 is 10.2 Å². The minimum atomic E-state index is -0.356. The van der Waals surface area contributed by atoms with Gasteiger partial charge in [0.05, 0.1) is 11.1 Å². The van der Waals surface area contributed by atoms with Crippen molar-refractivity contribution in [3.05, 3.63) is 34.9 Å². The summed E-state index contributed by atoms with van der Waals surface area (Å²) in [6.45, 7) is 6.68. The maximum absolute atomic E-state index is 12.6. The van der Waals surface area contributed by atoms with Crippen molar-refractivity contribution in [3.8, 4) is 0 Å². The van der Waals surface area contributed by atoms with Crippen LogP contribution in [0, 0.1) is 0 Å². The third-order valence-corrected chi connectivity index (χ3v) is 5.18. The zero-order valence-electron chi connectivity index (χ0n) is 15.9. The van der Waals surface area contributed by atoms with E-state index >= 15 is 0 Å². The van der Waals surface area contributed by atoms with Crippen LogP contribution in [0.1, 0.15) is 71.1 Å². The van der Waals surface area contributed by atoms with Gasteiger partial charge in [-0.25, -0.2) is 0 Å². The summed E-state index contributed by atoms with van der Waals surface area (Å²) in [6.07, 6.45) is 1.91. The van der Waals surface area contributed by atoms with E-state index in [9.17, 15) is 19.2 Å². The fourth-order valence-electron chi connectivity index (χ4n) is 3.64. The van der Waals surface area contributed by atoms with Crippen LogP contribution in [0.4, 0.5) is 0 Å². The van der Waals surface area contributed by atoms with E-state index in [4.69, 9.17) is 0 Å². The molecule has 27 heavy (non-hydrogen) atoms. The van der Waals surface area contributed by atoms with Crippen LogP contribution in [0.15, 0.2) is 18.2 Å². The molecule has 0 atom stereocenters. The lowest BCUT2D eigenvalue weighted by Crippen LogP contribution is -2.46. The van der Waals surface area contributed by atoms with Crippen molar-refractivity contribution in [3.63, 3.8) is 0 Å². The summed E-state index contributed by atoms with van der Waals surface area (Å²) in [7, 11) is 0. The van der Waals surface area contributed by atoms with Gasteiger partial charge >= 0.3 is 0 Å². The van der Waals surface area contributed by atoms with Crippen molar-refractivity contribution in [2.24, 2.45) is 0 Å². The molecule has 1 aromatic rings. The molecule has 0 spiro atoms. The molecule has 2 aliphatic heterocycles. The molecule has 1 aromatic carbocycles. The molecule has 1 saturated heterocycles. The Balaban J connectivity index is 1.67. The Kier molecular flexibility index (Phi) is 5.30. The SMILES string of the molecule is CCC(=O)N1CCC(NC(=O)c2ccc3c(c2)C(=O)N(C(C)C)C3=O)CC1. The first-order valence-electron chi connectivity index (χ1n) is 9.44. The van der Waals surface area contributed by atoms with Crippen LogP contribution in [-0.2, 0) is 4.79 Å². The van der Waals surface area contributed by atoms with E-state index in [1.165, 1.54) is 11.0 Å². The van der Waals surface area contributed by atoms with Gasteiger partial charge in [0, 0.05) is 37.2 Å². The van der Waals surface area contributed by atoms with Crippen LogP contribution in [0.25, 0.3) is 0 Å². The van der Waals surface area contributed by atoms with E-state index in [0.29, 0.717) is 43.5 Å². The number of piperidine rings is 1. The Morgan fingerprint density at radius 3 is 2.33 bits per heavy atom. The second-order valence-corrected chi connectivity index (χ2v) is 7.32. The number of rotatable bonds is 4. The number of amides is 4. The Morgan fingerprint density at radius 2 is 1.74 bits per heavy atom. The average molecular weight is 371 g/mol. The van der Waals surface area contributed by atoms with Gasteiger partial charge in [-0.3, -0.25) is 24.1 Å². The van der Waals surface area contributed by atoms with Gasteiger partial charge in [-0.1, -0.05) is 6.92 Å². The highest BCUT2D eigenvalue weighted by molar-refractivity contribution is 6.22. The number of carbonyl (C=O) groups is 4. The molecule has 7 heteroatoms. The molecule has 0 radical (unpaired) electrons. The quantitative estimate of drug-likeness (QED) is 0.818. The number of nitrogens with one attached hydrogen (secondary N) is 1. The molecule has 2 aliphatic rings. The second kappa shape index (κ2) is 7.50. The molecule has 0 bridgehead atoms. The molecule has 0 unspecified atom stereocenters. The van der Waals surface area contributed by atoms with E-state index in [0.717, 1.165) is 0 Å². The molecule has 144 valence electrons. The standard InChI is InChI=1S/C20H25N3O4/c1-4-17(24)22-9-7-14(8-10-22)21-18(25)13-5-6-15-16(11-13)20(27)23(12(2)3)19(15)26/h5-6,11-12,14H,4,7-10H2,1-3H3,(H,21,25). The molecule has 2 heterocycles. The lowest BCUT2D eigenvalue weighted by molar-refractivity contribution is -0.131. The molecule has 7 nitrogen and oxygen atoms in total. The van der Waals surface area contributed by atoms with Crippen LogP contribution >= 0.6 is 0 Å². The zero-order valence-corrected chi connectivity index (χ0v) is 15.9. The van der Waals surface area contributed by atoms with E-state index in [-0.39, 0.29) is 41.3 Å². The number of imide groups is 1. The zero-order chi connectivity index (χ0) is 19.7. The molecule has 1 fully saturated rings. The molecule has 0 saturated carbocycles. The molecular weight excluding hydrogens is 346 g/mol. The van der Waals surface area contributed by atoms with Gasteiger partial charge in [-0.2, -0.15) is 0 Å². The number of benzene rings is 1.